The third kappa shape index (κ3) is 4.23. The number of rotatable bonds is 6. The Labute approximate surface area is 196 Å². The molecule has 1 aromatic carbocycles. The Hall–Kier alpha value is -4.31. The van der Waals surface area contributed by atoms with Gasteiger partial charge in [0.25, 0.3) is 5.91 Å². The molecule has 4 heterocycles. The number of anilines is 2. The first kappa shape index (κ1) is 20.6. The van der Waals surface area contributed by atoms with E-state index in [2.05, 4.69) is 25.6 Å². The van der Waals surface area contributed by atoms with E-state index < -0.39 is 0 Å². The number of thiazole rings is 1. The number of benzene rings is 1. The van der Waals surface area contributed by atoms with Gasteiger partial charge in [-0.05, 0) is 30.3 Å². The van der Waals surface area contributed by atoms with Crippen LogP contribution in [0.5, 0.6) is 11.5 Å². The first-order valence-corrected chi connectivity index (χ1v) is 10.9. The fraction of sp³-hybridized carbons (Fsp3) is 0.0870. The number of nitrogens with one attached hydrogen (secondary N) is 2. The summed E-state index contributed by atoms with van der Waals surface area (Å²) in [6, 6.07) is 14.7. The van der Waals surface area contributed by atoms with Crippen molar-refractivity contribution >= 4 is 39.4 Å². The van der Waals surface area contributed by atoms with E-state index in [0.29, 0.717) is 17.4 Å². The van der Waals surface area contributed by atoms with Crippen LogP contribution in [0.2, 0.25) is 0 Å². The molecule has 1 amide bonds. The van der Waals surface area contributed by atoms with Crippen LogP contribution in [0.25, 0.3) is 22.4 Å². The lowest BCUT2D eigenvalue weighted by Crippen LogP contribution is -2.18. The molecule has 0 fully saturated rings. The number of carbonyl (C=O) groups is 1. The quantitative estimate of drug-likeness (QED) is 0.371. The van der Waals surface area contributed by atoms with E-state index in [9.17, 15) is 4.79 Å². The predicted molar refractivity (Wildman–Crippen MR) is 131 cm³/mol. The Balaban J connectivity index is 0.00000171. The summed E-state index contributed by atoms with van der Waals surface area (Å²) >= 11 is 1.49. The minimum atomic E-state index is -0.273. The fourth-order valence-corrected chi connectivity index (χ4v) is 3.97. The zero-order valence-electron chi connectivity index (χ0n) is 17.8. The molecule has 0 saturated carbocycles. The normalized spacial score (nSPS) is 10.8. The molecule has 0 aliphatic carbocycles. The minimum absolute atomic E-state index is 0. The van der Waals surface area contributed by atoms with Crippen molar-refractivity contribution in [3.63, 3.8) is 0 Å². The summed E-state index contributed by atoms with van der Waals surface area (Å²) in [6.45, 7) is 0. The van der Waals surface area contributed by atoms with Crippen LogP contribution in [-0.2, 0) is 7.05 Å². The van der Waals surface area contributed by atoms with E-state index in [0.717, 1.165) is 27.6 Å². The van der Waals surface area contributed by atoms with Crippen molar-refractivity contribution in [3.8, 4) is 22.9 Å². The minimum Gasteiger partial charge on any atom is -0.457 e. The van der Waals surface area contributed by atoms with Gasteiger partial charge >= 0.3 is 0 Å². The molecule has 10 heteroatoms. The zero-order valence-corrected chi connectivity index (χ0v) is 18.6. The Bertz CT molecular complexity index is 1460. The molecule has 0 aliphatic rings. The second-order valence-corrected chi connectivity index (χ2v) is 7.94. The average Bonchev–Trinajstić information content (AvgIpc) is 3.44. The number of hydrogen-bond donors (Lipinski definition) is 2. The summed E-state index contributed by atoms with van der Waals surface area (Å²) in [7, 11) is 3.49. The molecule has 33 heavy (non-hydrogen) atoms. The SMILES string of the molecule is CNC(=O)c1cc(Oc2ccc3c(c2)nc(Nc2nc(-c4ccccn4)cs2)n3C)ccn1.[HH].[HH]. The molecule has 0 atom stereocenters. The lowest BCUT2D eigenvalue weighted by atomic mass is 10.3. The van der Waals surface area contributed by atoms with Crippen LogP contribution in [0.4, 0.5) is 11.1 Å². The summed E-state index contributed by atoms with van der Waals surface area (Å²) in [4.78, 5) is 29.5. The van der Waals surface area contributed by atoms with E-state index in [1.165, 1.54) is 17.5 Å². The summed E-state index contributed by atoms with van der Waals surface area (Å²) in [5, 5.41) is 8.52. The molecule has 9 nitrogen and oxygen atoms in total. The van der Waals surface area contributed by atoms with E-state index in [1.54, 1.807) is 25.4 Å². The molecule has 0 bridgehead atoms. The van der Waals surface area contributed by atoms with E-state index in [1.807, 2.05) is 53.4 Å². The van der Waals surface area contributed by atoms with Crippen molar-refractivity contribution < 1.29 is 12.4 Å². The molecule has 5 rings (SSSR count). The highest BCUT2D eigenvalue weighted by atomic mass is 32.1. The van der Waals surface area contributed by atoms with Gasteiger partial charge in [-0.3, -0.25) is 14.8 Å². The summed E-state index contributed by atoms with van der Waals surface area (Å²) < 4.78 is 7.89. The molecular formula is C23H23N7O2S. The second-order valence-electron chi connectivity index (χ2n) is 7.08. The number of ether oxygens (including phenoxy) is 1. The number of imidazole rings is 1. The number of pyridine rings is 2. The van der Waals surface area contributed by atoms with Gasteiger partial charge < -0.3 is 19.9 Å². The number of aryl methyl sites for hydroxylation is 1. The summed E-state index contributed by atoms with van der Waals surface area (Å²) in [6.07, 6.45) is 3.28. The fourth-order valence-electron chi connectivity index (χ4n) is 3.28. The van der Waals surface area contributed by atoms with Crippen LogP contribution < -0.4 is 15.4 Å². The molecule has 0 spiro atoms. The van der Waals surface area contributed by atoms with Crippen molar-refractivity contribution in [1.29, 1.82) is 0 Å². The summed E-state index contributed by atoms with van der Waals surface area (Å²) in [5.74, 6) is 1.51. The molecule has 0 aliphatic heterocycles. The van der Waals surface area contributed by atoms with E-state index in [-0.39, 0.29) is 14.5 Å². The Morgan fingerprint density at radius 2 is 1.91 bits per heavy atom. The lowest BCUT2D eigenvalue weighted by Gasteiger charge is -2.07. The van der Waals surface area contributed by atoms with Crippen LogP contribution in [0.1, 0.15) is 13.3 Å². The number of fused-ring (bicyclic) bond motifs is 1. The van der Waals surface area contributed by atoms with Gasteiger partial charge in [0.2, 0.25) is 5.95 Å². The molecule has 168 valence electrons. The van der Waals surface area contributed by atoms with Crippen LogP contribution >= 0.6 is 11.3 Å². The second kappa shape index (κ2) is 8.67. The molecular weight excluding hydrogens is 438 g/mol. The van der Waals surface area contributed by atoms with Gasteiger partial charge in [0, 0.05) is 46.9 Å². The van der Waals surface area contributed by atoms with Crippen LogP contribution in [0.15, 0.2) is 66.3 Å². The third-order valence-corrected chi connectivity index (χ3v) is 5.69. The van der Waals surface area contributed by atoms with Crippen molar-refractivity contribution in [3.05, 3.63) is 72.0 Å². The maximum Gasteiger partial charge on any atom is 0.269 e. The number of hydrogen-bond acceptors (Lipinski definition) is 8. The highest BCUT2D eigenvalue weighted by Gasteiger charge is 2.13. The average molecular weight is 462 g/mol. The molecule has 5 aromatic rings. The lowest BCUT2D eigenvalue weighted by molar-refractivity contribution is 0.0958. The molecule has 0 saturated heterocycles. The molecule has 0 unspecified atom stereocenters. The number of amides is 1. The van der Waals surface area contributed by atoms with Crippen LogP contribution in [-0.4, -0.2) is 37.5 Å². The van der Waals surface area contributed by atoms with Crippen LogP contribution in [0.3, 0.4) is 0 Å². The van der Waals surface area contributed by atoms with Gasteiger partial charge in [-0.2, -0.15) is 0 Å². The van der Waals surface area contributed by atoms with E-state index in [4.69, 9.17) is 9.72 Å². The van der Waals surface area contributed by atoms with Crippen LogP contribution in [0, 0.1) is 0 Å². The Morgan fingerprint density at radius 1 is 1.03 bits per heavy atom. The first-order valence-electron chi connectivity index (χ1n) is 10.1. The first-order chi connectivity index (χ1) is 16.1. The van der Waals surface area contributed by atoms with E-state index >= 15 is 0 Å². The molecule has 4 aromatic heterocycles. The largest absolute Gasteiger partial charge is 0.457 e. The van der Waals surface area contributed by atoms with Gasteiger partial charge in [-0.25, -0.2) is 9.97 Å². The number of carbonyl (C=O) groups excluding carboxylic acids is 1. The molecule has 2 N–H and O–H groups in total. The predicted octanol–water partition coefficient (Wildman–Crippen LogP) is 4.87. The van der Waals surface area contributed by atoms with Crippen molar-refractivity contribution in [2.24, 2.45) is 7.05 Å². The number of nitrogens with zero attached hydrogens (tertiary/aromatic N) is 5. The summed E-state index contributed by atoms with van der Waals surface area (Å²) in [5.41, 5.74) is 3.62. The maximum absolute atomic E-state index is 11.8. The van der Waals surface area contributed by atoms with Crippen molar-refractivity contribution in [2.75, 3.05) is 12.4 Å². The Morgan fingerprint density at radius 3 is 2.73 bits per heavy atom. The van der Waals surface area contributed by atoms with Gasteiger partial charge in [0.1, 0.15) is 22.9 Å². The zero-order chi connectivity index (χ0) is 22.8. The maximum atomic E-state index is 11.8. The van der Waals surface area contributed by atoms with Gasteiger partial charge in [-0.1, -0.05) is 6.07 Å². The van der Waals surface area contributed by atoms with Crippen molar-refractivity contribution in [1.82, 2.24) is 29.8 Å². The van der Waals surface area contributed by atoms with Gasteiger partial charge in [0.05, 0.1) is 16.7 Å². The molecule has 0 radical (unpaired) electrons. The highest BCUT2D eigenvalue weighted by molar-refractivity contribution is 7.14. The van der Waals surface area contributed by atoms with Gasteiger partial charge in [0.15, 0.2) is 5.13 Å². The third-order valence-electron chi connectivity index (χ3n) is 4.93. The van der Waals surface area contributed by atoms with Crippen molar-refractivity contribution in [2.45, 2.75) is 0 Å². The van der Waals surface area contributed by atoms with Gasteiger partial charge in [-0.15, -0.1) is 11.3 Å². The smallest absolute Gasteiger partial charge is 0.269 e. The number of aromatic nitrogens is 5. The standard InChI is InChI=1S/C23H19N7O2S.2H2/c1-24-21(31)18-12-15(8-10-26-18)32-14-6-7-20-17(11-14)27-22(30(20)2)29-23-28-19(13-33-23)16-5-3-4-9-25-16;;/h3-13H,1-2H3,(H,24,31)(H,27,28,29);2*1H. The topological polar surface area (TPSA) is 107 Å². The Kier molecular flexibility index (Phi) is 5.41. The highest BCUT2D eigenvalue weighted by Crippen LogP contribution is 2.30. The monoisotopic (exact) mass is 461 g/mol.